The highest BCUT2D eigenvalue weighted by molar-refractivity contribution is 9.10. The normalized spacial score (nSPS) is 17.3. The Labute approximate surface area is 149 Å². The van der Waals surface area contributed by atoms with Crippen LogP contribution in [0.5, 0.6) is 0 Å². The Hall–Kier alpha value is -1.37. The third kappa shape index (κ3) is 3.44. The molecule has 23 heavy (non-hydrogen) atoms. The number of rotatable bonds is 3. The summed E-state index contributed by atoms with van der Waals surface area (Å²) in [6, 6.07) is 7.19. The fraction of sp³-hybridized carbons (Fsp3) is 0.375. The number of likely N-dealkylation sites (N-methyl/N-ethyl adjacent to an activating group) is 1. The molecule has 3 rings (SSSR count). The van der Waals surface area contributed by atoms with Gasteiger partial charge in [-0.15, -0.1) is 12.4 Å². The smallest absolute Gasteiger partial charge is 0.255 e. The maximum atomic E-state index is 12.9. The van der Waals surface area contributed by atoms with Crippen molar-refractivity contribution in [2.75, 3.05) is 20.1 Å². The van der Waals surface area contributed by atoms with E-state index in [4.69, 9.17) is 0 Å². The van der Waals surface area contributed by atoms with Crippen LogP contribution >= 0.6 is 28.3 Å². The minimum absolute atomic E-state index is 0. The average molecular weight is 401 g/mol. The Morgan fingerprint density at radius 2 is 2.26 bits per heavy atom. The van der Waals surface area contributed by atoms with Gasteiger partial charge >= 0.3 is 0 Å². The number of nitrogens with zero attached hydrogens (tertiary/aromatic N) is 1. The number of H-pyrrole nitrogens is 1. The number of hydrogen-bond acceptors (Lipinski definition) is 3. The lowest BCUT2D eigenvalue weighted by Gasteiger charge is -2.25. The maximum absolute atomic E-state index is 12.9. The van der Waals surface area contributed by atoms with E-state index in [0.29, 0.717) is 11.1 Å². The number of nitrogens with one attached hydrogen (secondary N) is 2. The molecule has 1 fully saturated rings. The number of pyridine rings is 1. The number of carbonyl (C=O) groups excluding carboxylic acids is 1. The second-order valence-electron chi connectivity index (χ2n) is 5.56. The van der Waals surface area contributed by atoms with Crippen molar-refractivity contribution in [1.82, 2.24) is 15.2 Å². The van der Waals surface area contributed by atoms with Crippen molar-refractivity contribution in [2.24, 2.45) is 0 Å². The number of aromatic amines is 1. The molecule has 0 spiro atoms. The van der Waals surface area contributed by atoms with Gasteiger partial charge in [0.15, 0.2) is 0 Å². The molecule has 0 bridgehead atoms. The van der Waals surface area contributed by atoms with Gasteiger partial charge in [0, 0.05) is 35.1 Å². The second-order valence-corrected chi connectivity index (χ2v) is 6.42. The Balaban J connectivity index is 0.00000192. The van der Waals surface area contributed by atoms with Crippen LogP contribution in [0.4, 0.5) is 0 Å². The van der Waals surface area contributed by atoms with E-state index in [1.807, 2.05) is 30.1 Å². The molecule has 1 aliphatic heterocycles. The molecule has 0 aliphatic carbocycles. The van der Waals surface area contributed by atoms with Crippen molar-refractivity contribution < 1.29 is 4.79 Å². The van der Waals surface area contributed by atoms with Gasteiger partial charge in [0.25, 0.3) is 5.91 Å². The number of carbonyl (C=O) groups is 1. The molecule has 1 atom stereocenters. The van der Waals surface area contributed by atoms with Crippen molar-refractivity contribution in [3.05, 3.63) is 44.7 Å². The van der Waals surface area contributed by atoms with Gasteiger partial charge < -0.3 is 15.2 Å². The van der Waals surface area contributed by atoms with Gasteiger partial charge in [-0.05, 0) is 41.9 Å². The van der Waals surface area contributed by atoms with Gasteiger partial charge in [0.2, 0.25) is 5.56 Å². The molecule has 0 saturated carbocycles. The molecule has 1 aromatic carbocycles. The lowest BCUT2D eigenvalue weighted by atomic mass is 10.1. The number of likely N-dealkylation sites (tertiary alicyclic amines) is 1. The molecule has 2 N–H and O–H groups in total. The average Bonchev–Trinajstić information content (AvgIpc) is 2.95. The summed E-state index contributed by atoms with van der Waals surface area (Å²) in [4.78, 5) is 29.5. The molecule has 1 amide bonds. The van der Waals surface area contributed by atoms with Crippen LogP contribution in [0.1, 0.15) is 23.2 Å². The van der Waals surface area contributed by atoms with Gasteiger partial charge in [0.05, 0.1) is 11.1 Å². The molecular weight excluding hydrogens is 382 g/mol. The van der Waals surface area contributed by atoms with Crippen LogP contribution < -0.4 is 10.9 Å². The molecule has 1 aliphatic rings. The largest absolute Gasteiger partial charge is 0.334 e. The van der Waals surface area contributed by atoms with Crippen molar-refractivity contribution >= 4 is 45.1 Å². The summed E-state index contributed by atoms with van der Waals surface area (Å²) < 4.78 is 0.782. The molecule has 2 aromatic rings. The summed E-state index contributed by atoms with van der Waals surface area (Å²) in [5.74, 6) is -0.0630. The standard InChI is InChI=1S/C16H18BrN3O2.ClH/c1-18-9-10-4-3-7-20(10)16(22)12-8-14(21)19-15-11(12)5-2-6-13(15)17;/h2,5-6,8,10,18H,3-4,7,9H2,1H3,(H,19,21);1H. The maximum Gasteiger partial charge on any atom is 0.255 e. The summed E-state index contributed by atoms with van der Waals surface area (Å²) >= 11 is 3.43. The molecule has 1 unspecified atom stereocenters. The van der Waals surface area contributed by atoms with Crippen LogP contribution in [0, 0.1) is 0 Å². The van der Waals surface area contributed by atoms with Crippen molar-refractivity contribution in [3.8, 4) is 0 Å². The predicted octanol–water partition coefficient (Wildman–Crippen LogP) is 2.54. The number of fused-ring (bicyclic) bond motifs is 1. The van der Waals surface area contributed by atoms with E-state index in [1.165, 1.54) is 6.07 Å². The monoisotopic (exact) mass is 399 g/mol. The van der Waals surface area contributed by atoms with E-state index >= 15 is 0 Å². The molecule has 1 aromatic heterocycles. The number of amides is 1. The number of halogens is 2. The molecule has 124 valence electrons. The zero-order valence-electron chi connectivity index (χ0n) is 12.8. The van der Waals surface area contributed by atoms with E-state index in [9.17, 15) is 9.59 Å². The van der Waals surface area contributed by atoms with E-state index < -0.39 is 0 Å². The number of benzene rings is 1. The van der Waals surface area contributed by atoms with Gasteiger partial charge in [-0.3, -0.25) is 9.59 Å². The topological polar surface area (TPSA) is 65.2 Å². The Bertz CT molecular complexity index is 777. The SMILES string of the molecule is CNCC1CCCN1C(=O)c1cc(=O)[nH]c2c(Br)cccc12.Cl. The third-order valence-electron chi connectivity index (χ3n) is 4.14. The van der Waals surface area contributed by atoms with Crippen LogP contribution in [0.15, 0.2) is 33.5 Å². The number of para-hydroxylation sites is 1. The van der Waals surface area contributed by atoms with Crippen molar-refractivity contribution in [3.63, 3.8) is 0 Å². The first-order chi connectivity index (χ1) is 10.6. The molecule has 7 heteroatoms. The minimum Gasteiger partial charge on any atom is -0.334 e. The number of aromatic nitrogens is 1. The van der Waals surface area contributed by atoms with Crippen LogP contribution in [0.2, 0.25) is 0 Å². The number of hydrogen-bond donors (Lipinski definition) is 2. The lowest BCUT2D eigenvalue weighted by Crippen LogP contribution is -2.41. The third-order valence-corrected chi connectivity index (χ3v) is 4.80. The van der Waals surface area contributed by atoms with E-state index in [-0.39, 0.29) is 29.9 Å². The van der Waals surface area contributed by atoms with E-state index in [2.05, 4.69) is 26.2 Å². The van der Waals surface area contributed by atoms with Crippen LogP contribution in [0.3, 0.4) is 0 Å². The van der Waals surface area contributed by atoms with Crippen LogP contribution in [-0.4, -0.2) is 42.0 Å². The van der Waals surface area contributed by atoms with Crippen LogP contribution in [0.25, 0.3) is 10.9 Å². The van der Waals surface area contributed by atoms with Crippen molar-refractivity contribution in [1.29, 1.82) is 0 Å². The first kappa shape index (κ1) is 18.0. The Morgan fingerprint density at radius 3 is 3.00 bits per heavy atom. The molecule has 5 nitrogen and oxygen atoms in total. The van der Waals surface area contributed by atoms with Gasteiger partial charge in [-0.2, -0.15) is 0 Å². The Morgan fingerprint density at radius 1 is 1.48 bits per heavy atom. The fourth-order valence-electron chi connectivity index (χ4n) is 3.13. The molecule has 2 heterocycles. The van der Waals surface area contributed by atoms with Gasteiger partial charge in [0.1, 0.15) is 0 Å². The first-order valence-electron chi connectivity index (χ1n) is 7.39. The summed E-state index contributed by atoms with van der Waals surface area (Å²) in [6.45, 7) is 1.52. The summed E-state index contributed by atoms with van der Waals surface area (Å²) in [5.41, 5.74) is 0.887. The fourth-order valence-corrected chi connectivity index (χ4v) is 3.59. The molecule has 1 saturated heterocycles. The molecule has 0 radical (unpaired) electrons. The highest BCUT2D eigenvalue weighted by Crippen LogP contribution is 2.26. The molecular formula is C16H19BrClN3O2. The quantitative estimate of drug-likeness (QED) is 0.832. The zero-order valence-corrected chi connectivity index (χ0v) is 15.2. The summed E-state index contributed by atoms with van der Waals surface area (Å²) in [7, 11) is 1.89. The van der Waals surface area contributed by atoms with E-state index in [1.54, 1.807) is 0 Å². The summed E-state index contributed by atoms with van der Waals surface area (Å²) in [5, 5.41) is 3.91. The highest BCUT2D eigenvalue weighted by Gasteiger charge is 2.30. The van der Waals surface area contributed by atoms with Gasteiger partial charge in [-0.1, -0.05) is 12.1 Å². The first-order valence-corrected chi connectivity index (χ1v) is 8.18. The van der Waals surface area contributed by atoms with Crippen LogP contribution in [-0.2, 0) is 0 Å². The van der Waals surface area contributed by atoms with E-state index in [0.717, 1.165) is 35.8 Å². The summed E-state index contributed by atoms with van der Waals surface area (Å²) in [6.07, 6.45) is 2.00. The minimum atomic E-state index is -0.257. The second kappa shape index (κ2) is 7.47. The highest BCUT2D eigenvalue weighted by atomic mass is 79.9. The zero-order chi connectivity index (χ0) is 15.7. The lowest BCUT2D eigenvalue weighted by molar-refractivity contribution is 0.0739. The van der Waals surface area contributed by atoms with Crippen molar-refractivity contribution in [2.45, 2.75) is 18.9 Å². The predicted molar refractivity (Wildman–Crippen MR) is 97.5 cm³/mol. The Kier molecular flexibility index (Phi) is 5.84. The van der Waals surface area contributed by atoms with Gasteiger partial charge in [-0.25, -0.2) is 0 Å².